The molecule has 384 valence electrons. The van der Waals surface area contributed by atoms with E-state index < -0.39 is 86.8 Å². The van der Waals surface area contributed by atoms with E-state index in [0.29, 0.717) is 19.3 Å². The first-order valence-corrected chi connectivity index (χ1v) is 25.3. The van der Waals surface area contributed by atoms with Crippen molar-refractivity contribution in [2.24, 2.45) is 0 Å². The maximum Gasteiger partial charge on any atom is 0.220 e. The Morgan fingerprint density at radius 3 is 1.64 bits per heavy atom. The van der Waals surface area contributed by atoms with Crippen LogP contribution in [0.2, 0.25) is 0 Å². The lowest BCUT2D eigenvalue weighted by molar-refractivity contribution is -0.359. The molecule has 2 aliphatic heterocycles. The highest BCUT2D eigenvalue weighted by Gasteiger charge is 2.51. The van der Waals surface area contributed by atoms with E-state index in [1.165, 1.54) is 64.2 Å². The van der Waals surface area contributed by atoms with Gasteiger partial charge >= 0.3 is 0 Å². The van der Waals surface area contributed by atoms with Crippen molar-refractivity contribution in [3.8, 4) is 0 Å². The molecular formula is C53H89NO13. The molecular weight excluding hydrogens is 859 g/mol. The maximum atomic E-state index is 13.1. The summed E-state index contributed by atoms with van der Waals surface area (Å²) < 4.78 is 22.6. The third-order valence-electron chi connectivity index (χ3n) is 11.8. The van der Waals surface area contributed by atoms with Gasteiger partial charge in [-0.05, 0) is 70.6 Å². The Bertz CT molecular complexity index is 1450. The number of carbonyl (C=O) groups excluding carboxylic acids is 1. The minimum atomic E-state index is -1.80. The summed E-state index contributed by atoms with van der Waals surface area (Å²) in [5.41, 5.74) is 0. The number of carbonyl (C=O) groups is 1. The van der Waals surface area contributed by atoms with Crippen LogP contribution in [0.15, 0.2) is 85.1 Å². The average molecular weight is 948 g/mol. The van der Waals surface area contributed by atoms with Crippen molar-refractivity contribution in [1.29, 1.82) is 0 Å². The molecule has 1 amide bonds. The molecule has 12 unspecified atom stereocenters. The van der Waals surface area contributed by atoms with E-state index >= 15 is 0 Å². The number of hydrogen-bond acceptors (Lipinski definition) is 13. The van der Waals surface area contributed by atoms with Gasteiger partial charge in [0.1, 0.15) is 48.8 Å². The summed E-state index contributed by atoms with van der Waals surface area (Å²) >= 11 is 0. The number of ether oxygens (including phenoxy) is 4. The van der Waals surface area contributed by atoms with Crippen LogP contribution in [0, 0.1) is 0 Å². The van der Waals surface area contributed by atoms with E-state index in [1.54, 1.807) is 6.08 Å². The van der Waals surface area contributed by atoms with Gasteiger partial charge in [-0.3, -0.25) is 4.79 Å². The minimum absolute atomic E-state index is 0.190. The first kappa shape index (κ1) is 60.3. The molecule has 0 aromatic heterocycles. The SMILES string of the molecule is CC/C=C\C/C=C\C/C=C\C/C=C\C/C=C\CCCC(=O)NC(COC1OC(CO)C(OC2OC(CO)C(O)C(O)C2O)C(O)C1O)C(O)/C=C/CC/C=C/CCCCCCCCCCCC. The molecule has 14 heteroatoms. The van der Waals surface area contributed by atoms with Crippen molar-refractivity contribution in [3.05, 3.63) is 85.1 Å². The van der Waals surface area contributed by atoms with Crippen molar-refractivity contribution >= 4 is 5.91 Å². The lowest BCUT2D eigenvalue weighted by Crippen LogP contribution is -2.65. The maximum absolute atomic E-state index is 13.1. The number of rotatable bonds is 37. The summed E-state index contributed by atoms with van der Waals surface area (Å²) in [5.74, 6) is -0.310. The molecule has 0 aromatic carbocycles. The number of allylic oxidation sites excluding steroid dienone is 13. The van der Waals surface area contributed by atoms with Gasteiger partial charge in [0.25, 0.3) is 0 Å². The smallest absolute Gasteiger partial charge is 0.220 e. The zero-order chi connectivity index (χ0) is 48.9. The molecule has 0 bridgehead atoms. The van der Waals surface area contributed by atoms with E-state index in [9.17, 15) is 45.6 Å². The highest BCUT2D eigenvalue weighted by molar-refractivity contribution is 5.76. The largest absolute Gasteiger partial charge is 0.394 e. The van der Waals surface area contributed by atoms with Gasteiger partial charge < -0.3 is 65.1 Å². The third kappa shape index (κ3) is 26.1. The van der Waals surface area contributed by atoms with Crippen LogP contribution in [0.3, 0.4) is 0 Å². The van der Waals surface area contributed by atoms with E-state index in [-0.39, 0.29) is 18.9 Å². The summed E-state index contributed by atoms with van der Waals surface area (Å²) in [6.07, 6.45) is 33.4. The molecule has 12 atom stereocenters. The molecule has 14 nitrogen and oxygen atoms in total. The Morgan fingerprint density at radius 2 is 1.04 bits per heavy atom. The quantitative estimate of drug-likeness (QED) is 0.0237. The first-order valence-electron chi connectivity index (χ1n) is 25.3. The van der Waals surface area contributed by atoms with Crippen LogP contribution < -0.4 is 5.32 Å². The zero-order valence-electron chi connectivity index (χ0n) is 40.6. The average Bonchev–Trinajstić information content (AvgIpc) is 3.32. The van der Waals surface area contributed by atoms with Gasteiger partial charge in [-0.25, -0.2) is 0 Å². The first-order chi connectivity index (χ1) is 32.6. The Morgan fingerprint density at radius 1 is 0.552 bits per heavy atom. The Kier molecular flexibility index (Phi) is 35.1. The van der Waals surface area contributed by atoms with Crippen molar-refractivity contribution in [3.63, 3.8) is 0 Å². The third-order valence-corrected chi connectivity index (χ3v) is 11.8. The van der Waals surface area contributed by atoms with Gasteiger partial charge in [-0.15, -0.1) is 0 Å². The predicted octanol–water partition coefficient (Wildman–Crippen LogP) is 6.60. The monoisotopic (exact) mass is 948 g/mol. The molecule has 2 rings (SSSR count). The van der Waals surface area contributed by atoms with Crippen LogP contribution in [-0.2, 0) is 23.7 Å². The normalized spacial score (nSPS) is 27.3. The van der Waals surface area contributed by atoms with Gasteiger partial charge in [-0.1, -0.05) is 157 Å². The lowest BCUT2D eigenvalue weighted by Gasteiger charge is -2.46. The molecule has 9 N–H and O–H groups in total. The number of nitrogens with one attached hydrogen (secondary N) is 1. The second kappa shape index (κ2) is 39.0. The minimum Gasteiger partial charge on any atom is -0.394 e. The fourth-order valence-electron chi connectivity index (χ4n) is 7.69. The van der Waals surface area contributed by atoms with Crippen LogP contribution in [0.4, 0.5) is 0 Å². The van der Waals surface area contributed by atoms with Crippen LogP contribution in [-0.4, -0.2) is 140 Å². The second-order valence-corrected chi connectivity index (χ2v) is 17.6. The van der Waals surface area contributed by atoms with E-state index in [4.69, 9.17) is 18.9 Å². The van der Waals surface area contributed by atoms with Crippen LogP contribution in [0.25, 0.3) is 0 Å². The van der Waals surface area contributed by atoms with E-state index in [0.717, 1.165) is 44.9 Å². The Balaban J connectivity index is 1.91. The van der Waals surface area contributed by atoms with Crippen LogP contribution >= 0.6 is 0 Å². The molecule has 2 saturated heterocycles. The molecule has 0 radical (unpaired) electrons. The summed E-state index contributed by atoms with van der Waals surface area (Å²) in [6.45, 7) is 2.59. The number of aliphatic hydroxyl groups excluding tert-OH is 8. The van der Waals surface area contributed by atoms with Crippen molar-refractivity contribution in [2.75, 3.05) is 19.8 Å². The molecule has 67 heavy (non-hydrogen) atoms. The fraction of sp³-hybridized carbons (Fsp3) is 0.717. The Hall–Kier alpha value is -2.83. The van der Waals surface area contributed by atoms with Crippen LogP contribution in [0.5, 0.6) is 0 Å². The standard InChI is InChI=1S/C53H89NO13/c1-3-5-7-9-11-13-15-17-19-21-23-25-27-29-31-33-35-37-45(58)54-41(42(57)36-34-32-30-28-26-24-22-20-18-16-14-12-10-8-6-4-2)40-64-52-50(63)48(61)51(44(39-56)66-52)67-53-49(62)47(60)46(59)43(38-55)65-53/h5,7,11,13,17,19,23,25-26,28-29,31,34,36,41-44,46-53,55-57,59-63H,3-4,6,8-10,12,14-16,18,20-22,24,27,30,32-33,35,37-40H2,1-2H3,(H,54,58)/b7-5-,13-11-,19-17-,25-23-,28-26+,31-29-,36-34+. The number of hydrogen-bond donors (Lipinski definition) is 9. The second-order valence-electron chi connectivity index (χ2n) is 17.6. The Labute approximate surface area is 401 Å². The fourth-order valence-corrected chi connectivity index (χ4v) is 7.69. The topological polar surface area (TPSA) is 228 Å². The van der Waals surface area contributed by atoms with E-state index in [1.807, 2.05) is 12.2 Å². The van der Waals surface area contributed by atoms with Gasteiger partial charge in [0.05, 0.1) is 32.0 Å². The number of aliphatic hydroxyl groups is 8. The summed E-state index contributed by atoms with van der Waals surface area (Å²) in [6, 6.07) is -0.965. The van der Waals surface area contributed by atoms with Gasteiger partial charge in [0.2, 0.25) is 5.91 Å². The van der Waals surface area contributed by atoms with E-state index in [2.05, 4.69) is 86.0 Å². The van der Waals surface area contributed by atoms with Crippen molar-refractivity contribution < 1.29 is 64.6 Å². The molecule has 0 spiro atoms. The summed E-state index contributed by atoms with van der Waals surface area (Å²) in [7, 11) is 0. The molecule has 0 saturated carbocycles. The summed E-state index contributed by atoms with van der Waals surface area (Å²) in [5, 5.41) is 86.7. The predicted molar refractivity (Wildman–Crippen MR) is 263 cm³/mol. The number of unbranched alkanes of at least 4 members (excludes halogenated alkanes) is 12. The van der Waals surface area contributed by atoms with Gasteiger partial charge in [-0.2, -0.15) is 0 Å². The van der Waals surface area contributed by atoms with Gasteiger partial charge in [0, 0.05) is 6.42 Å². The highest BCUT2D eigenvalue weighted by atomic mass is 16.7. The molecule has 2 heterocycles. The van der Waals surface area contributed by atoms with Gasteiger partial charge in [0.15, 0.2) is 12.6 Å². The molecule has 2 aliphatic rings. The zero-order valence-corrected chi connectivity index (χ0v) is 40.6. The number of amides is 1. The van der Waals surface area contributed by atoms with Crippen molar-refractivity contribution in [1.82, 2.24) is 5.32 Å². The summed E-state index contributed by atoms with van der Waals surface area (Å²) in [4.78, 5) is 13.1. The lowest BCUT2D eigenvalue weighted by atomic mass is 9.97. The molecule has 0 aliphatic carbocycles. The van der Waals surface area contributed by atoms with Crippen molar-refractivity contribution in [2.45, 2.75) is 222 Å². The van der Waals surface area contributed by atoms with Crippen LogP contribution in [0.1, 0.15) is 149 Å². The highest BCUT2D eigenvalue weighted by Crippen LogP contribution is 2.30. The molecule has 0 aromatic rings. The molecule has 2 fully saturated rings.